The second kappa shape index (κ2) is 9.78. The number of hydrogen-bond donors (Lipinski definition) is 1. The normalized spacial score (nSPS) is 10.9. The molecule has 8 heteroatoms. The average Bonchev–Trinajstić information content (AvgIpc) is 2.71. The Morgan fingerprint density at radius 1 is 1.10 bits per heavy atom. The van der Waals surface area contributed by atoms with E-state index in [0.29, 0.717) is 52.0 Å². The molecule has 0 aliphatic rings. The molecule has 3 rings (SSSR count). The van der Waals surface area contributed by atoms with Crippen LogP contribution in [0.25, 0.3) is 10.8 Å². The van der Waals surface area contributed by atoms with E-state index >= 15 is 0 Å². The molecule has 1 heterocycles. The highest BCUT2D eigenvalue weighted by Gasteiger charge is 2.10. The molecule has 3 aromatic rings. The van der Waals surface area contributed by atoms with E-state index in [-0.39, 0.29) is 18.1 Å². The molecule has 0 aliphatic heterocycles. The van der Waals surface area contributed by atoms with Crippen molar-refractivity contribution >= 4 is 45.6 Å². The summed E-state index contributed by atoms with van der Waals surface area (Å²) in [5, 5.41) is 4.61. The van der Waals surface area contributed by atoms with Crippen LogP contribution in [0.3, 0.4) is 0 Å². The monoisotopic (exact) mass is 434 g/mol. The summed E-state index contributed by atoms with van der Waals surface area (Å²) in [7, 11) is 0. The molecule has 152 valence electrons. The lowest BCUT2D eigenvalue weighted by molar-refractivity contribution is -0.118. The topological polar surface area (TPSA) is 69.6 Å². The van der Waals surface area contributed by atoms with Crippen LogP contribution in [0, 0.1) is 0 Å². The fourth-order valence-corrected chi connectivity index (χ4v) is 3.11. The largest absolute Gasteiger partial charge is 0.483 e. The number of pyridine rings is 1. The maximum atomic E-state index is 12.7. The van der Waals surface area contributed by atoms with E-state index in [1.807, 2.05) is 6.92 Å². The predicted octanol–water partition coefficient (Wildman–Crippen LogP) is 4.36. The van der Waals surface area contributed by atoms with E-state index in [4.69, 9.17) is 32.7 Å². The lowest BCUT2D eigenvalue weighted by Crippen LogP contribution is -2.22. The Kier molecular flexibility index (Phi) is 7.14. The van der Waals surface area contributed by atoms with Gasteiger partial charge in [-0.3, -0.25) is 9.59 Å². The fourth-order valence-electron chi connectivity index (χ4n) is 2.81. The number of amides is 1. The Labute approximate surface area is 177 Å². The van der Waals surface area contributed by atoms with Gasteiger partial charge in [0.2, 0.25) is 0 Å². The van der Waals surface area contributed by atoms with E-state index in [1.165, 1.54) is 0 Å². The SMILES string of the molecule is CCOCCn1ccc2c(OCC(=O)Nc3ccc(Cl)c(Cl)c3)cccc2c1=O. The number of fused-ring (bicyclic) bond motifs is 1. The molecular formula is C21H20Cl2N2O4. The van der Waals surface area contributed by atoms with Crippen LogP contribution in [-0.2, 0) is 16.1 Å². The van der Waals surface area contributed by atoms with Crippen molar-refractivity contribution in [3.63, 3.8) is 0 Å². The van der Waals surface area contributed by atoms with Crippen LogP contribution in [0.4, 0.5) is 5.69 Å². The Hall–Kier alpha value is -2.54. The van der Waals surface area contributed by atoms with Crippen LogP contribution in [0.5, 0.6) is 5.75 Å². The highest BCUT2D eigenvalue weighted by Crippen LogP contribution is 2.25. The molecule has 6 nitrogen and oxygen atoms in total. The number of nitrogens with one attached hydrogen (secondary N) is 1. The molecule has 0 atom stereocenters. The lowest BCUT2D eigenvalue weighted by atomic mass is 10.1. The first kappa shape index (κ1) is 21.2. The molecular weight excluding hydrogens is 415 g/mol. The smallest absolute Gasteiger partial charge is 0.262 e. The number of hydrogen-bond acceptors (Lipinski definition) is 4. The van der Waals surface area contributed by atoms with Crippen molar-refractivity contribution in [2.75, 3.05) is 25.1 Å². The minimum Gasteiger partial charge on any atom is -0.483 e. The number of aromatic nitrogens is 1. The Bertz CT molecular complexity index is 1080. The predicted molar refractivity (Wildman–Crippen MR) is 115 cm³/mol. The number of rotatable bonds is 8. The molecule has 1 aromatic heterocycles. The molecule has 1 amide bonds. The Balaban J connectivity index is 1.71. The number of benzene rings is 2. The molecule has 0 fully saturated rings. The van der Waals surface area contributed by atoms with Gasteiger partial charge in [-0.15, -0.1) is 0 Å². The van der Waals surface area contributed by atoms with E-state index in [0.717, 1.165) is 0 Å². The Morgan fingerprint density at radius 2 is 1.93 bits per heavy atom. The van der Waals surface area contributed by atoms with Gasteiger partial charge in [-0.25, -0.2) is 0 Å². The number of anilines is 1. The minimum absolute atomic E-state index is 0.132. The van der Waals surface area contributed by atoms with Crippen molar-refractivity contribution < 1.29 is 14.3 Å². The summed E-state index contributed by atoms with van der Waals surface area (Å²) >= 11 is 11.8. The van der Waals surface area contributed by atoms with Crippen LogP contribution in [0.2, 0.25) is 10.0 Å². The third-order valence-electron chi connectivity index (χ3n) is 4.22. The molecule has 29 heavy (non-hydrogen) atoms. The first-order valence-electron chi connectivity index (χ1n) is 9.07. The maximum Gasteiger partial charge on any atom is 0.262 e. The van der Waals surface area contributed by atoms with Gasteiger partial charge in [-0.2, -0.15) is 0 Å². The first-order valence-corrected chi connectivity index (χ1v) is 9.83. The molecule has 0 unspecified atom stereocenters. The third kappa shape index (κ3) is 5.29. The van der Waals surface area contributed by atoms with Crippen LogP contribution in [0.15, 0.2) is 53.5 Å². The number of halogens is 2. The molecule has 0 bridgehead atoms. The molecule has 1 N–H and O–H groups in total. The van der Waals surface area contributed by atoms with E-state index in [2.05, 4.69) is 5.32 Å². The van der Waals surface area contributed by atoms with Crippen molar-refractivity contribution in [2.24, 2.45) is 0 Å². The van der Waals surface area contributed by atoms with E-state index in [1.54, 1.807) is 53.2 Å². The van der Waals surface area contributed by atoms with Crippen molar-refractivity contribution in [3.05, 3.63) is 69.1 Å². The van der Waals surface area contributed by atoms with Gasteiger partial charge in [0.25, 0.3) is 11.5 Å². The van der Waals surface area contributed by atoms with Gasteiger partial charge in [0.05, 0.1) is 22.0 Å². The Morgan fingerprint density at radius 3 is 2.69 bits per heavy atom. The molecule has 0 aliphatic carbocycles. The summed E-state index contributed by atoms with van der Waals surface area (Å²) in [5.41, 5.74) is 0.385. The summed E-state index contributed by atoms with van der Waals surface area (Å²) in [6.07, 6.45) is 1.70. The maximum absolute atomic E-state index is 12.7. The molecule has 2 aromatic carbocycles. The molecule has 0 radical (unpaired) electrons. The first-order chi connectivity index (χ1) is 14.0. The van der Waals surface area contributed by atoms with Gasteiger partial charge in [0.15, 0.2) is 6.61 Å². The van der Waals surface area contributed by atoms with E-state index < -0.39 is 0 Å². The number of nitrogens with zero attached hydrogens (tertiary/aromatic N) is 1. The third-order valence-corrected chi connectivity index (χ3v) is 4.96. The summed E-state index contributed by atoms with van der Waals surface area (Å²) < 4.78 is 12.6. The van der Waals surface area contributed by atoms with Crippen molar-refractivity contribution in [1.29, 1.82) is 0 Å². The van der Waals surface area contributed by atoms with Crippen molar-refractivity contribution in [1.82, 2.24) is 4.57 Å². The van der Waals surface area contributed by atoms with Crippen molar-refractivity contribution in [2.45, 2.75) is 13.5 Å². The lowest BCUT2D eigenvalue weighted by Gasteiger charge is -2.12. The summed E-state index contributed by atoms with van der Waals surface area (Å²) in [4.78, 5) is 24.9. The van der Waals surface area contributed by atoms with Gasteiger partial charge in [0, 0.05) is 30.4 Å². The zero-order chi connectivity index (χ0) is 20.8. The van der Waals surface area contributed by atoms with Crippen LogP contribution < -0.4 is 15.6 Å². The van der Waals surface area contributed by atoms with Gasteiger partial charge in [-0.1, -0.05) is 29.3 Å². The summed E-state index contributed by atoms with van der Waals surface area (Å²) in [6, 6.07) is 11.8. The fraction of sp³-hybridized carbons (Fsp3) is 0.238. The second-order valence-corrected chi connectivity index (χ2v) is 7.01. The number of carbonyl (C=O) groups excluding carboxylic acids is 1. The minimum atomic E-state index is -0.356. The number of carbonyl (C=O) groups is 1. The van der Waals surface area contributed by atoms with Crippen LogP contribution in [-0.4, -0.2) is 30.3 Å². The second-order valence-electron chi connectivity index (χ2n) is 6.19. The summed E-state index contributed by atoms with van der Waals surface area (Å²) in [5.74, 6) is 0.103. The summed E-state index contributed by atoms with van der Waals surface area (Å²) in [6.45, 7) is 3.23. The standard InChI is InChI=1S/C21H20Cl2N2O4/c1-2-28-11-10-25-9-8-15-16(21(25)27)4-3-5-19(15)29-13-20(26)24-14-6-7-17(22)18(23)12-14/h3-9,12H,2,10-11,13H2,1H3,(H,24,26). The van der Waals surface area contributed by atoms with Crippen LogP contribution >= 0.6 is 23.2 Å². The van der Waals surface area contributed by atoms with E-state index in [9.17, 15) is 9.59 Å². The zero-order valence-corrected chi connectivity index (χ0v) is 17.3. The molecule has 0 spiro atoms. The van der Waals surface area contributed by atoms with Gasteiger partial charge in [0.1, 0.15) is 5.75 Å². The highest BCUT2D eigenvalue weighted by molar-refractivity contribution is 6.42. The highest BCUT2D eigenvalue weighted by atomic mass is 35.5. The average molecular weight is 435 g/mol. The van der Waals surface area contributed by atoms with Gasteiger partial charge < -0.3 is 19.4 Å². The van der Waals surface area contributed by atoms with Gasteiger partial charge >= 0.3 is 0 Å². The van der Waals surface area contributed by atoms with Gasteiger partial charge in [-0.05, 0) is 43.3 Å². The van der Waals surface area contributed by atoms with Crippen LogP contribution in [0.1, 0.15) is 6.92 Å². The zero-order valence-electron chi connectivity index (χ0n) is 15.8. The molecule has 0 saturated carbocycles. The molecule has 0 saturated heterocycles. The quantitative estimate of drug-likeness (QED) is 0.534. The van der Waals surface area contributed by atoms with Crippen molar-refractivity contribution in [3.8, 4) is 5.75 Å². The number of ether oxygens (including phenoxy) is 2.